The molecule has 0 atom stereocenters. The molecular weight excluding hydrogens is 352 g/mol. The Morgan fingerprint density at radius 3 is 2.50 bits per heavy atom. The number of hydrogen-bond acceptors (Lipinski definition) is 6. The minimum absolute atomic E-state index is 1.07. The number of rotatable bonds is 1. The number of nitrogens with zero attached hydrogens (tertiary/aromatic N) is 2. The third-order valence-corrected chi connectivity index (χ3v) is 4.34. The molecule has 2 heterocycles. The molecule has 4 rings (SSSR count). The van der Waals surface area contributed by atoms with E-state index < -0.39 is 10.2 Å². The summed E-state index contributed by atoms with van der Waals surface area (Å²) in [6, 6.07) is 10.5. The number of benzene rings is 1. The van der Waals surface area contributed by atoms with E-state index in [1.807, 2.05) is 6.20 Å². The highest BCUT2D eigenvalue weighted by Crippen LogP contribution is 2.31. The van der Waals surface area contributed by atoms with E-state index >= 15 is 0 Å². The molecule has 0 N–H and O–H groups in total. The lowest BCUT2D eigenvalue weighted by atomic mass is 10.1. The number of allylic oxidation sites excluding steroid dienone is 1. The van der Waals surface area contributed by atoms with Crippen molar-refractivity contribution in [2.45, 2.75) is 12.8 Å². The van der Waals surface area contributed by atoms with Gasteiger partial charge in [-0.05, 0) is 29.5 Å². The van der Waals surface area contributed by atoms with Crippen LogP contribution in [0.25, 0.3) is 16.6 Å². The van der Waals surface area contributed by atoms with Gasteiger partial charge in [0, 0.05) is 16.5 Å². The fraction of sp³-hybridized carbons (Fsp3) is 0.125. The standard InChI is InChI=1S/C16H13N2S.ClHO4/c1-2-4-12(5-3-1)10-13-6-7-14-11-17-16-18(15(13)14)8-9-19-16;2-1(3,4)5/h1-5,8-11H,6-7H2;(H,2,3,4,5)/q+1;/p-1/b13-10-;. The minimum Gasteiger partial charge on any atom is -0.222 e. The monoisotopic (exact) mass is 364 g/mol. The smallest absolute Gasteiger partial charge is 0.222 e. The zero-order chi connectivity index (χ0) is 17.2. The Morgan fingerprint density at radius 2 is 1.79 bits per heavy atom. The van der Waals surface area contributed by atoms with Crippen molar-refractivity contribution in [3.05, 3.63) is 64.9 Å². The predicted octanol–water partition coefficient (Wildman–Crippen LogP) is -1.39. The van der Waals surface area contributed by atoms with E-state index in [0.29, 0.717) is 0 Å². The maximum absolute atomic E-state index is 8.49. The molecule has 0 aliphatic heterocycles. The van der Waals surface area contributed by atoms with Gasteiger partial charge in [0.25, 0.3) is 0 Å². The molecule has 1 aliphatic rings. The molecule has 24 heavy (non-hydrogen) atoms. The van der Waals surface area contributed by atoms with Crippen molar-refractivity contribution in [2.24, 2.45) is 0 Å². The Labute approximate surface area is 144 Å². The van der Waals surface area contributed by atoms with Crippen molar-refractivity contribution < 1.29 is 33.3 Å². The molecule has 0 amide bonds. The van der Waals surface area contributed by atoms with Gasteiger partial charge < -0.3 is 0 Å². The van der Waals surface area contributed by atoms with E-state index in [4.69, 9.17) is 18.6 Å². The van der Waals surface area contributed by atoms with Crippen molar-refractivity contribution in [3.8, 4) is 0 Å². The van der Waals surface area contributed by atoms with Crippen molar-refractivity contribution in [1.29, 1.82) is 0 Å². The Kier molecular flexibility index (Phi) is 4.91. The van der Waals surface area contributed by atoms with Crippen LogP contribution >= 0.6 is 11.3 Å². The van der Waals surface area contributed by atoms with Crippen LogP contribution in [0.15, 0.2) is 48.1 Å². The van der Waals surface area contributed by atoms with Gasteiger partial charge in [0.05, 0.1) is 0 Å². The molecule has 6 nitrogen and oxygen atoms in total. The van der Waals surface area contributed by atoms with E-state index in [1.165, 1.54) is 22.4 Å². The fourth-order valence-electron chi connectivity index (χ4n) is 2.71. The average Bonchev–Trinajstić information content (AvgIpc) is 3.12. The van der Waals surface area contributed by atoms with Crippen LogP contribution in [-0.2, 0) is 6.42 Å². The summed E-state index contributed by atoms with van der Waals surface area (Å²) in [6.45, 7) is 0. The first-order valence-electron chi connectivity index (χ1n) is 7.06. The van der Waals surface area contributed by atoms with Gasteiger partial charge in [-0.3, -0.25) is 0 Å². The Hall–Kier alpha value is -1.87. The van der Waals surface area contributed by atoms with Gasteiger partial charge in [0.1, 0.15) is 18.1 Å². The largest absolute Gasteiger partial charge is 0.387 e. The van der Waals surface area contributed by atoms with Gasteiger partial charge in [-0.15, -0.1) is 10.2 Å². The van der Waals surface area contributed by atoms with Crippen molar-refractivity contribution in [1.82, 2.24) is 4.98 Å². The maximum atomic E-state index is 8.49. The summed E-state index contributed by atoms with van der Waals surface area (Å²) in [5.41, 5.74) is 5.39. The summed E-state index contributed by atoms with van der Waals surface area (Å²) in [4.78, 5) is 5.58. The molecule has 2 aromatic heterocycles. The summed E-state index contributed by atoms with van der Waals surface area (Å²) in [7, 11) is -4.94. The highest BCUT2D eigenvalue weighted by atomic mass is 35.7. The van der Waals surface area contributed by atoms with Crippen LogP contribution in [0.2, 0.25) is 0 Å². The second kappa shape index (κ2) is 6.94. The van der Waals surface area contributed by atoms with Crippen LogP contribution in [0.5, 0.6) is 0 Å². The number of aryl methyl sites for hydroxylation is 1. The highest BCUT2D eigenvalue weighted by molar-refractivity contribution is 7.14. The van der Waals surface area contributed by atoms with Gasteiger partial charge >= 0.3 is 4.96 Å². The molecule has 0 unspecified atom stereocenters. The average molecular weight is 365 g/mol. The molecule has 8 heteroatoms. The Balaban J connectivity index is 0.000000300. The third-order valence-electron chi connectivity index (χ3n) is 3.57. The van der Waals surface area contributed by atoms with Gasteiger partial charge in [0.15, 0.2) is 0 Å². The molecular formula is C16H13ClN2O4S. The van der Waals surface area contributed by atoms with E-state index in [-0.39, 0.29) is 0 Å². The SMILES string of the molecule is C(=C1\CCc2cnc3scc[n+]3c21)/c1ccccc1.[O-][Cl+3]([O-])([O-])[O-]. The summed E-state index contributed by atoms with van der Waals surface area (Å²) < 4.78 is 36.2. The lowest BCUT2D eigenvalue weighted by Crippen LogP contribution is -2.68. The normalized spacial score (nSPS) is 15.2. The molecule has 0 saturated carbocycles. The molecule has 1 aromatic carbocycles. The zero-order valence-electron chi connectivity index (χ0n) is 12.4. The Bertz CT molecular complexity index is 869. The van der Waals surface area contributed by atoms with Crippen LogP contribution in [-0.4, -0.2) is 4.98 Å². The first-order chi connectivity index (χ1) is 11.4. The number of thiazole rings is 1. The first-order valence-corrected chi connectivity index (χ1v) is 9.18. The first kappa shape index (κ1) is 17.0. The predicted molar refractivity (Wildman–Crippen MR) is 77.9 cm³/mol. The van der Waals surface area contributed by atoms with Crippen LogP contribution in [0, 0.1) is 10.2 Å². The molecule has 0 radical (unpaired) electrons. The molecule has 0 fully saturated rings. The summed E-state index contributed by atoms with van der Waals surface area (Å²) in [5, 5.41) is 2.10. The highest BCUT2D eigenvalue weighted by Gasteiger charge is 2.25. The molecule has 1 aliphatic carbocycles. The lowest BCUT2D eigenvalue weighted by molar-refractivity contribution is -2.00. The Morgan fingerprint density at radius 1 is 1.08 bits per heavy atom. The van der Waals surface area contributed by atoms with Crippen molar-refractivity contribution >= 4 is 27.9 Å². The van der Waals surface area contributed by atoms with Gasteiger partial charge in [-0.1, -0.05) is 41.7 Å². The lowest BCUT2D eigenvalue weighted by Gasteiger charge is -2.17. The van der Waals surface area contributed by atoms with E-state index in [9.17, 15) is 0 Å². The third kappa shape index (κ3) is 4.15. The van der Waals surface area contributed by atoms with E-state index in [1.54, 1.807) is 11.3 Å². The molecule has 0 saturated heterocycles. The number of halogens is 1. The quantitative estimate of drug-likeness (QED) is 0.494. The molecule has 124 valence electrons. The number of fused-ring (bicyclic) bond motifs is 3. The summed E-state index contributed by atoms with van der Waals surface area (Å²) >= 11 is 1.69. The second-order valence-corrected chi connectivity index (χ2v) is 6.77. The van der Waals surface area contributed by atoms with Gasteiger partial charge in [0.2, 0.25) is 0 Å². The second-order valence-electron chi connectivity index (χ2n) is 5.15. The van der Waals surface area contributed by atoms with Crippen LogP contribution in [0.1, 0.15) is 23.2 Å². The topological polar surface area (TPSA) is 109 Å². The summed E-state index contributed by atoms with van der Waals surface area (Å²) in [5.74, 6) is 0. The zero-order valence-corrected chi connectivity index (χ0v) is 14.0. The van der Waals surface area contributed by atoms with Crippen molar-refractivity contribution in [2.75, 3.05) is 0 Å². The fourth-order valence-corrected chi connectivity index (χ4v) is 3.39. The van der Waals surface area contributed by atoms with Gasteiger partial charge in [-0.2, -0.15) is 4.40 Å². The van der Waals surface area contributed by atoms with Crippen LogP contribution in [0.4, 0.5) is 0 Å². The molecule has 0 bridgehead atoms. The maximum Gasteiger partial charge on any atom is 0.387 e. The van der Waals surface area contributed by atoms with Crippen LogP contribution in [0.3, 0.4) is 0 Å². The summed E-state index contributed by atoms with van der Waals surface area (Å²) in [6.07, 6.45) is 8.66. The van der Waals surface area contributed by atoms with Gasteiger partial charge in [-0.25, -0.2) is 18.6 Å². The van der Waals surface area contributed by atoms with Crippen LogP contribution < -0.4 is 23.0 Å². The minimum atomic E-state index is -4.94. The molecule has 0 spiro atoms. The van der Waals surface area contributed by atoms with Crippen molar-refractivity contribution in [3.63, 3.8) is 0 Å². The number of aromatic nitrogens is 2. The van der Waals surface area contributed by atoms with E-state index in [2.05, 4.69) is 57.4 Å². The molecule has 3 aromatic rings. The van der Waals surface area contributed by atoms with E-state index in [0.717, 1.165) is 17.8 Å². The number of hydrogen-bond donors (Lipinski definition) is 0.